The molecule has 2 aromatic rings. The van der Waals surface area contributed by atoms with Gasteiger partial charge in [-0.05, 0) is 25.5 Å². The molecule has 23 heavy (non-hydrogen) atoms. The first-order valence-electron chi connectivity index (χ1n) is 7.51. The van der Waals surface area contributed by atoms with Crippen LogP contribution in [0.1, 0.15) is 20.3 Å². The number of methoxy groups -OCH3 is 1. The van der Waals surface area contributed by atoms with Gasteiger partial charge < -0.3 is 14.6 Å². The van der Waals surface area contributed by atoms with Gasteiger partial charge in [0.05, 0.1) is 18.4 Å². The fourth-order valence-corrected chi connectivity index (χ4v) is 2.78. The molecular weight excluding hydrogens is 312 g/mol. The van der Waals surface area contributed by atoms with Crippen molar-refractivity contribution in [2.75, 3.05) is 12.9 Å². The molecule has 0 radical (unpaired) electrons. The maximum atomic E-state index is 11.9. The monoisotopic (exact) mass is 334 g/mol. The number of hydrogen-bond acceptors (Lipinski definition) is 5. The number of hydrogen-bond donors (Lipinski definition) is 1. The van der Waals surface area contributed by atoms with Crippen molar-refractivity contribution in [3.63, 3.8) is 0 Å². The summed E-state index contributed by atoms with van der Waals surface area (Å²) in [6, 6.07) is 7.85. The molecule has 0 saturated heterocycles. The number of ether oxygens (including phenoxy) is 1. The summed E-state index contributed by atoms with van der Waals surface area (Å²) < 4.78 is 7.24. The summed E-state index contributed by atoms with van der Waals surface area (Å²) in [4.78, 5) is 11.9. The average Bonchev–Trinajstić information content (AvgIpc) is 2.93. The van der Waals surface area contributed by atoms with E-state index in [4.69, 9.17) is 4.74 Å². The highest BCUT2D eigenvalue weighted by atomic mass is 32.2. The molecule has 0 unspecified atom stereocenters. The maximum Gasteiger partial charge on any atom is 0.230 e. The largest absolute Gasteiger partial charge is 0.496 e. The molecule has 7 heteroatoms. The smallest absolute Gasteiger partial charge is 0.230 e. The second-order valence-corrected chi connectivity index (χ2v) is 6.17. The van der Waals surface area contributed by atoms with E-state index in [-0.39, 0.29) is 11.9 Å². The maximum absolute atomic E-state index is 11.9. The molecule has 1 heterocycles. The summed E-state index contributed by atoms with van der Waals surface area (Å²) >= 11 is 1.37. The van der Waals surface area contributed by atoms with Gasteiger partial charge in [0.25, 0.3) is 0 Å². The number of carbonyl (C=O) groups excluding carboxylic acids is 1. The van der Waals surface area contributed by atoms with Crippen LogP contribution in [0.2, 0.25) is 0 Å². The Bertz CT molecular complexity index is 672. The summed E-state index contributed by atoms with van der Waals surface area (Å²) in [5, 5.41) is 12.0. The standard InChI is InChI=1S/C16H22N4O2S/c1-5-11(2)17-14(21)10-23-16-19-18-15(20(16)3)12-8-6-7-9-13(12)22-4/h6-9,11H,5,10H2,1-4H3,(H,17,21)/t11-/m1/s1. The normalized spacial score (nSPS) is 12.0. The minimum atomic E-state index is 0.00573. The number of rotatable bonds is 7. The van der Waals surface area contributed by atoms with Crippen LogP contribution in [0.3, 0.4) is 0 Å². The lowest BCUT2D eigenvalue weighted by Crippen LogP contribution is -2.33. The quantitative estimate of drug-likeness (QED) is 0.788. The Morgan fingerprint density at radius 1 is 1.39 bits per heavy atom. The van der Waals surface area contributed by atoms with E-state index in [0.29, 0.717) is 16.7 Å². The zero-order chi connectivity index (χ0) is 16.8. The van der Waals surface area contributed by atoms with Gasteiger partial charge in [-0.3, -0.25) is 4.79 Å². The van der Waals surface area contributed by atoms with Crippen molar-refractivity contribution in [3.05, 3.63) is 24.3 Å². The summed E-state index contributed by atoms with van der Waals surface area (Å²) in [5.74, 6) is 1.79. The number of benzene rings is 1. The number of aromatic nitrogens is 3. The molecule has 0 spiro atoms. The van der Waals surface area contributed by atoms with Crippen molar-refractivity contribution >= 4 is 17.7 Å². The SMILES string of the molecule is CC[C@@H](C)NC(=O)CSc1nnc(-c2ccccc2OC)n1C. The summed E-state index contributed by atoms with van der Waals surface area (Å²) in [6.45, 7) is 4.03. The van der Waals surface area contributed by atoms with Crippen LogP contribution in [-0.4, -0.2) is 39.6 Å². The number of amides is 1. The van der Waals surface area contributed by atoms with Gasteiger partial charge in [-0.25, -0.2) is 0 Å². The van der Waals surface area contributed by atoms with Gasteiger partial charge in [0, 0.05) is 13.1 Å². The third kappa shape index (κ3) is 4.25. The van der Waals surface area contributed by atoms with Crippen molar-refractivity contribution in [2.45, 2.75) is 31.5 Å². The second kappa shape index (κ2) is 8.01. The van der Waals surface area contributed by atoms with E-state index in [9.17, 15) is 4.79 Å². The molecule has 1 aromatic heterocycles. The Kier molecular flexibility index (Phi) is 6.04. The zero-order valence-corrected chi connectivity index (χ0v) is 14.7. The fraction of sp³-hybridized carbons (Fsp3) is 0.438. The first-order valence-corrected chi connectivity index (χ1v) is 8.50. The molecule has 0 aliphatic rings. The van der Waals surface area contributed by atoms with Crippen LogP contribution in [0, 0.1) is 0 Å². The average molecular weight is 334 g/mol. The first kappa shape index (κ1) is 17.3. The van der Waals surface area contributed by atoms with Crippen molar-refractivity contribution in [1.29, 1.82) is 0 Å². The van der Waals surface area contributed by atoms with Gasteiger partial charge in [0.1, 0.15) is 5.75 Å². The van der Waals surface area contributed by atoms with Gasteiger partial charge in [0.2, 0.25) is 5.91 Å². The van der Waals surface area contributed by atoms with E-state index in [1.807, 2.05) is 49.7 Å². The van der Waals surface area contributed by atoms with Gasteiger partial charge in [0.15, 0.2) is 11.0 Å². The highest BCUT2D eigenvalue weighted by Gasteiger charge is 2.16. The minimum absolute atomic E-state index is 0.00573. The van der Waals surface area contributed by atoms with E-state index < -0.39 is 0 Å². The van der Waals surface area contributed by atoms with E-state index in [1.54, 1.807) is 7.11 Å². The Hall–Kier alpha value is -2.02. The zero-order valence-electron chi connectivity index (χ0n) is 13.9. The van der Waals surface area contributed by atoms with Crippen molar-refractivity contribution in [3.8, 4) is 17.1 Å². The highest BCUT2D eigenvalue weighted by Crippen LogP contribution is 2.29. The van der Waals surface area contributed by atoms with E-state index in [1.165, 1.54) is 11.8 Å². The Morgan fingerprint density at radius 3 is 2.83 bits per heavy atom. The number of carbonyl (C=O) groups is 1. The summed E-state index contributed by atoms with van der Waals surface area (Å²) in [6.07, 6.45) is 0.915. The first-order chi connectivity index (χ1) is 11.1. The minimum Gasteiger partial charge on any atom is -0.496 e. The lowest BCUT2D eigenvalue weighted by atomic mass is 10.2. The molecule has 1 atom stereocenters. The van der Waals surface area contributed by atoms with Crippen LogP contribution in [0.15, 0.2) is 29.4 Å². The number of para-hydroxylation sites is 1. The van der Waals surface area contributed by atoms with Gasteiger partial charge >= 0.3 is 0 Å². The van der Waals surface area contributed by atoms with E-state index >= 15 is 0 Å². The van der Waals surface area contributed by atoms with E-state index in [2.05, 4.69) is 15.5 Å². The molecule has 1 aromatic carbocycles. The molecule has 0 aliphatic heterocycles. The van der Waals surface area contributed by atoms with Crippen molar-refractivity contribution in [1.82, 2.24) is 20.1 Å². The van der Waals surface area contributed by atoms with Gasteiger partial charge in [-0.15, -0.1) is 10.2 Å². The summed E-state index contributed by atoms with van der Waals surface area (Å²) in [5.41, 5.74) is 0.876. The Balaban J connectivity index is 2.09. The highest BCUT2D eigenvalue weighted by molar-refractivity contribution is 7.99. The molecule has 0 saturated carbocycles. The van der Waals surface area contributed by atoms with Crippen LogP contribution >= 0.6 is 11.8 Å². The van der Waals surface area contributed by atoms with Crippen LogP contribution in [0.4, 0.5) is 0 Å². The summed E-state index contributed by atoms with van der Waals surface area (Å²) in [7, 11) is 3.51. The molecular formula is C16H22N4O2S. The van der Waals surface area contributed by atoms with Crippen molar-refractivity contribution in [2.24, 2.45) is 7.05 Å². The van der Waals surface area contributed by atoms with Crippen molar-refractivity contribution < 1.29 is 9.53 Å². The second-order valence-electron chi connectivity index (χ2n) is 5.23. The fourth-order valence-electron chi connectivity index (χ4n) is 2.05. The molecule has 2 rings (SSSR count). The lowest BCUT2D eigenvalue weighted by Gasteiger charge is -2.11. The molecule has 0 aliphatic carbocycles. The molecule has 1 amide bonds. The Morgan fingerprint density at radius 2 is 2.13 bits per heavy atom. The van der Waals surface area contributed by atoms with Crippen LogP contribution < -0.4 is 10.1 Å². The van der Waals surface area contributed by atoms with Gasteiger partial charge in [-0.1, -0.05) is 30.8 Å². The number of nitrogens with zero attached hydrogens (tertiary/aromatic N) is 3. The number of nitrogens with one attached hydrogen (secondary N) is 1. The Labute approximate surface area is 140 Å². The molecule has 124 valence electrons. The third-order valence-electron chi connectivity index (χ3n) is 3.53. The van der Waals surface area contributed by atoms with Gasteiger partial charge in [-0.2, -0.15) is 0 Å². The lowest BCUT2D eigenvalue weighted by molar-refractivity contribution is -0.119. The topological polar surface area (TPSA) is 69.0 Å². The molecule has 0 fully saturated rings. The molecule has 0 bridgehead atoms. The molecule has 1 N–H and O–H groups in total. The third-order valence-corrected chi connectivity index (χ3v) is 4.56. The number of thioether (sulfide) groups is 1. The van der Waals surface area contributed by atoms with E-state index in [0.717, 1.165) is 17.7 Å². The van der Waals surface area contributed by atoms with Crippen LogP contribution in [-0.2, 0) is 11.8 Å². The van der Waals surface area contributed by atoms with Crippen LogP contribution in [0.25, 0.3) is 11.4 Å². The predicted molar refractivity (Wildman–Crippen MR) is 91.6 cm³/mol. The van der Waals surface area contributed by atoms with Crippen LogP contribution in [0.5, 0.6) is 5.75 Å². The molecule has 6 nitrogen and oxygen atoms in total. The predicted octanol–water partition coefficient (Wildman–Crippen LogP) is 2.50.